The first-order valence-corrected chi connectivity index (χ1v) is 5.29. The Labute approximate surface area is 96.7 Å². The average Bonchev–Trinajstić information content (AvgIpc) is 2.29. The van der Waals surface area contributed by atoms with Crippen molar-refractivity contribution in [2.24, 2.45) is 4.99 Å². The minimum absolute atomic E-state index is 0.0991. The van der Waals surface area contributed by atoms with Crippen LogP contribution in [0.5, 0.6) is 0 Å². The standard InChI is InChI=1S/C13H18N2O/c1-15(2)13-7-5-12(6-8-13)4-3-9-14-10-11-16/h3-9,16H,10-11H2,1-2H3/b4-3+,14-9+. The predicted molar refractivity (Wildman–Crippen MR) is 70.2 cm³/mol. The van der Waals surface area contributed by atoms with Gasteiger partial charge < -0.3 is 10.0 Å². The number of aliphatic hydroxyl groups is 1. The molecule has 0 bridgehead atoms. The van der Waals surface area contributed by atoms with E-state index in [2.05, 4.69) is 34.2 Å². The second kappa shape index (κ2) is 6.80. The summed E-state index contributed by atoms with van der Waals surface area (Å²) in [5.41, 5.74) is 2.33. The highest BCUT2D eigenvalue weighted by atomic mass is 16.3. The summed E-state index contributed by atoms with van der Waals surface area (Å²) in [5, 5.41) is 8.52. The number of nitrogens with zero attached hydrogens (tertiary/aromatic N) is 2. The highest BCUT2D eigenvalue weighted by Gasteiger charge is 1.92. The van der Waals surface area contributed by atoms with E-state index in [1.165, 1.54) is 5.69 Å². The molecule has 0 spiro atoms. The molecule has 0 unspecified atom stereocenters. The van der Waals surface area contributed by atoms with E-state index in [9.17, 15) is 0 Å². The van der Waals surface area contributed by atoms with Gasteiger partial charge in [0.2, 0.25) is 0 Å². The van der Waals surface area contributed by atoms with Crippen LogP contribution in [0.15, 0.2) is 35.3 Å². The van der Waals surface area contributed by atoms with Gasteiger partial charge in [-0.15, -0.1) is 0 Å². The number of anilines is 1. The van der Waals surface area contributed by atoms with Crippen LogP contribution in [0.4, 0.5) is 5.69 Å². The molecule has 0 fully saturated rings. The van der Waals surface area contributed by atoms with Crippen LogP contribution >= 0.6 is 0 Å². The monoisotopic (exact) mass is 218 g/mol. The average molecular weight is 218 g/mol. The molecule has 0 heterocycles. The van der Waals surface area contributed by atoms with Gasteiger partial charge in [0.1, 0.15) is 0 Å². The zero-order chi connectivity index (χ0) is 11.8. The first-order valence-electron chi connectivity index (χ1n) is 5.29. The lowest BCUT2D eigenvalue weighted by Gasteiger charge is -2.11. The van der Waals surface area contributed by atoms with Crippen molar-refractivity contribution in [3.8, 4) is 0 Å². The van der Waals surface area contributed by atoms with E-state index in [0.29, 0.717) is 6.54 Å². The molecule has 3 heteroatoms. The Balaban J connectivity index is 2.55. The quantitative estimate of drug-likeness (QED) is 0.765. The molecule has 0 aromatic heterocycles. The van der Waals surface area contributed by atoms with E-state index in [1.807, 2.05) is 26.2 Å². The molecule has 1 aromatic carbocycles. The number of hydrogen-bond acceptors (Lipinski definition) is 3. The Morgan fingerprint density at radius 2 is 1.94 bits per heavy atom. The van der Waals surface area contributed by atoms with Crippen LogP contribution in [-0.2, 0) is 0 Å². The van der Waals surface area contributed by atoms with Gasteiger partial charge in [-0.1, -0.05) is 18.2 Å². The fourth-order valence-electron chi connectivity index (χ4n) is 1.23. The Morgan fingerprint density at radius 3 is 2.50 bits per heavy atom. The molecule has 3 nitrogen and oxygen atoms in total. The van der Waals surface area contributed by atoms with Crippen LogP contribution in [0.2, 0.25) is 0 Å². The highest BCUT2D eigenvalue weighted by molar-refractivity contribution is 5.78. The van der Waals surface area contributed by atoms with Gasteiger partial charge in [0.05, 0.1) is 13.2 Å². The molecule has 1 rings (SSSR count). The molecule has 0 aliphatic carbocycles. The number of benzene rings is 1. The summed E-state index contributed by atoms with van der Waals surface area (Å²) >= 11 is 0. The first kappa shape index (κ1) is 12.5. The second-order valence-electron chi connectivity index (χ2n) is 3.62. The Hall–Kier alpha value is -1.61. The fraction of sp³-hybridized carbons (Fsp3) is 0.308. The van der Waals surface area contributed by atoms with E-state index in [1.54, 1.807) is 6.21 Å². The minimum Gasteiger partial charge on any atom is -0.394 e. The van der Waals surface area contributed by atoms with Gasteiger partial charge in [0, 0.05) is 26.0 Å². The molecule has 1 aromatic rings. The van der Waals surface area contributed by atoms with Gasteiger partial charge in [-0.3, -0.25) is 4.99 Å². The normalized spacial score (nSPS) is 11.4. The molecular formula is C13H18N2O. The van der Waals surface area contributed by atoms with Crippen LogP contribution in [0, 0.1) is 0 Å². The Morgan fingerprint density at radius 1 is 1.25 bits per heavy atom. The summed E-state index contributed by atoms with van der Waals surface area (Å²) in [5.74, 6) is 0. The van der Waals surface area contributed by atoms with E-state index < -0.39 is 0 Å². The lowest BCUT2D eigenvalue weighted by atomic mass is 10.2. The molecule has 0 aliphatic rings. The van der Waals surface area contributed by atoms with Crippen molar-refractivity contribution in [1.82, 2.24) is 0 Å². The third kappa shape index (κ3) is 4.28. The van der Waals surface area contributed by atoms with Crippen molar-refractivity contribution >= 4 is 18.0 Å². The summed E-state index contributed by atoms with van der Waals surface area (Å²) in [7, 11) is 4.04. The molecule has 86 valence electrons. The zero-order valence-corrected chi connectivity index (χ0v) is 9.80. The number of rotatable bonds is 5. The minimum atomic E-state index is 0.0991. The molecule has 0 amide bonds. The van der Waals surface area contributed by atoms with E-state index >= 15 is 0 Å². The summed E-state index contributed by atoms with van der Waals surface area (Å²) in [4.78, 5) is 6.05. The summed E-state index contributed by atoms with van der Waals surface area (Å²) < 4.78 is 0. The van der Waals surface area contributed by atoms with Gasteiger partial charge in [-0.2, -0.15) is 0 Å². The fourth-order valence-corrected chi connectivity index (χ4v) is 1.23. The number of aliphatic hydroxyl groups excluding tert-OH is 1. The third-order valence-corrected chi connectivity index (χ3v) is 2.12. The molecule has 0 saturated heterocycles. The van der Waals surface area contributed by atoms with Gasteiger partial charge in [-0.05, 0) is 23.8 Å². The molecule has 1 N–H and O–H groups in total. The van der Waals surface area contributed by atoms with E-state index in [-0.39, 0.29) is 6.61 Å². The number of hydrogen-bond donors (Lipinski definition) is 1. The summed E-state index contributed by atoms with van der Waals surface area (Å²) in [6.07, 6.45) is 5.57. The second-order valence-corrected chi connectivity index (χ2v) is 3.62. The van der Waals surface area contributed by atoms with Gasteiger partial charge in [0.25, 0.3) is 0 Å². The van der Waals surface area contributed by atoms with Crippen LogP contribution in [0.3, 0.4) is 0 Å². The van der Waals surface area contributed by atoms with Crippen molar-refractivity contribution in [1.29, 1.82) is 0 Å². The van der Waals surface area contributed by atoms with Crippen LogP contribution < -0.4 is 4.90 Å². The highest BCUT2D eigenvalue weighted by Crippen LogP contribution is 2.12. The maximum absolute atomic E-state index is 8.52. The van der Waals surface area contributed by atoms with Crippen molar-refractivity contribution < 1.29 is 5.11 Å². The SMILES string of the molecule is CN(C)c1ccc(/C=C/C=N/CCO)cc1. The number of allylic oxidation sites excluding steroid dienone is 1. The van der Waals surface area contributed by atoms with Crippen molar-refractivity contribution in [3.05, 3.63) is 35.9 Å². The van der Waals surface area contributed by atoms with Crippen LogP contribution in [0.25, 0.3) is 6.08 Å². The number of aliphatic imine (C=N–C) groups is 1. The first-order chi connectivity index (χ1) is 7.74. The largest absolute Gasteiger partial charge is 0.394 e. The van der Waals surface area contributed by atoms with E-state index in [4.69, 9.17) is 5.11 Å². The third-order valence-electron chi connectivity index (χ3n) is 2.12. The lowest BCUT2D eigenvalue weighted by molar-refractivity contribution is 0.307. The maximum atomic E-state index is 8.52. The van der Waals surface area contributed by atoms with Crippen LogP contribution in [0.1, 0.15) is 5.56 Å². The summed E-state index contributed by atoms with van der Waals surface area (Å²) in [6.45, 7) is 0.561. The van der Waals surface area contributed by atoms with Crippen molar-refractivity contribution in [2.75, 3.05) is 32.1 Å². The molecule has 0 saturated carbocycles. The summed E-state index contributed by atoms with van der Waals surface area (Å²) in [6, 6.07) is 8.27. The Bertz CT molecular complexity index is 353. The molecular weight excluding hydrogens is 200 g/mol. The molecule has 0 atom stereocenters. The molecule has 0 radical (unpaired) electrons. The maximum Gasteiger partial charge on any atom is 0.0626 e. The van der Waals surface area contributed by atoms with E-state index in [0.717, 1.165) is 5.56 Å². The lowest BCUT2D eigenvalue weighted by Crippen LogP contribution is -2.07. The van der Waals surface area contributed by atoms with Gasteiger partial charge in [-0.25, -0.2) is 0 Å². The van der Waals surface area contributed by atoms with Crippen molar-refractivity contribution in [3.63, 3.8) is 0 Å². The van der Waals surface area contributed by atoms with Crippen LogP contribution in [-0.4, -0.2) is 38.6 Å². The Kier molecular flexibility index (Phi) is 5.29. The smallest absolute Gasteiger partial charge is 0.0626 e. The molecule has 16 heavy (non-hydrogen) atoms. The molecule has 0 aliphatic heterocycles. The van der Waals surface area contributed by atoms with Gasteiger partial charge in [0.15, 0.2) is 0 Å². The van der Waals surface area contributed by atoms with Gasteiger partial charge >= 0.3 is 0 Å². The predicted octanol–water partition coefficient (Wildman–Crippen LogP) is 1.83. The topological polar surface area (TPSA) is 35.8 Å². The van der Waals surface area contributed by atoms with Crippen molar-refractivity contribution in [2.45, 2.75) is 0 Å². The zero-order valence-electron chi connectivity index (χ0n) is 9.80.